The van der Waals surface area contributed by atoms with E-state index in [1.165, 1.54) is 27.2 Å². The molecule has 0 spiro atoms. The molecule has 0 radical (unpaired) electrons. The highest BCUT2D eigenvalue weighted by molar-refractivity contribution is 7.91. The first-order valence-electron chi connectivity index (χ1n) is 17.6. The number of sulfonamides is 1. The van der Waals surface area contributed by atoms with Gasteiger partial charge in [-0.3, -0.25) is 24.0 Å². The molecule has 5 atom stereocenters. The van der Waals surface area contributed by atoms with Crippen molar-refractivity contribution >= 4 is 50.3 Å². The number of hydrogen-bond acceptors (Lipinski definition) is 10. The molecule has 1 saturated heterocycles. The minimum absolute atomic E-state index is 0.0368. The minimum Gasteiger partial charge on any atom is -0.444 e. The molecule has 274 valence electrons. The largest absolute Gasteiger partial charge is 0.444 e. The Balaban J connectivity index is 1.15. The molecule has 51 heavy (non-hydrogen) atoms. The number of aryl methyl sites for hydroxylation is 2. The second-order valence-corrected chi connectivity index (χ2v) is 17.5. The second-order valence-electron chi connectivity index (χ2n) is 14.4. The van der Waals surface area contributed by atoms with Crippen molar-refractivity contribution in [1.29, 1.82) is 0 Å². The van der Waals surface area contributed by atoms with Crippen LogP contribution in [0.5, 0.6) is 0 Å². The first-order chi connectivity index (χ1) is 24.3. The Hall–Kier alpha value is -4.05. The maximum Gasteiger partial charge on any atom is 0.410 e. The van der Waals surface area contributed by atoms with E-state index < -0.39 is 68.6 Å². The van der Waals surface area contributed by atoms with Crippen molar-refractivity contribution in [3.8, 4) is 0 Å². The van der Waals surface area contributed by atoms with Crippen LogP contribution in [0.3, 0.4) is 0 Å². The normalized spacial score (nSPS) is 28.8. The number of allylic oxidation sites excluding steroid dienone is 1. The van der Waals surface area contributed by atoms with Crippen LogP contribution in [0.4, 0.5) is 14.3 Å². The van der Waals surface area contributed by atoms with E-state index in [1.807, 2.05) is 26.0 Å². The van der Waals surface area contributed by atoms with Crippen LogP contribution >= 0.6 is 11.3 Å². The Morgan fingerprint density at radius 3 is 2.65 bits per heavy atom. The summed E-state index contributed by atoms with van der Waals surface area (Å²) in [4.78, 5) is 64.1. The number of nitrogens with zero attached hydrogens (tertiary/aromatic N) is 3. The summed E-state index contributed by atoms with van der Waals surface area (Å²) in [7, 11) is -3.89. The van der Waals surface area contributed by atoms with Crippen LogP contribution in [0.1, 0.15) is 79.5 Å². The molecule has 7 rings (SSSR count). The van der Waals surface area contributed by atoms with Gasteiger partial charge in [0.15, 0.2) is 5.13 Å². The number of thiazole rings is 1. The van der Waals surface area contributed by atoms with E-state index in [0.717, 1.165) is 36.3 Å². The molecule has 4 amide bonds. The third-order valence-electron chi connectivity index (χ3n) is 10.6. The van der Waals surface area contributed by atoms with Gasteiger partial charge in [-0.25, -0.2) is 22.6 Å². The summed E-state index contributed by atoms with van der Waals surface area (Å²) in [5.74, 6) is -2.64. The molecule has 3 N–H and O–H groups in total. The number of carbonyl (C=O) groups is 4. The van der Waals surface area contributed by atoms with Gasteiger partial charge in [0.2, 0.25) is 21.8 Å². The van der Waals surface area contributed by atoms with Gasteiger partial charge in [-0.2, -0.15) is 0 Å². The van der Waals surface area contributed by atoms with E-state index in [2.05, 4.69) is 20.3 Å². The molecular weight excluding hydrogens is 700 g/mol. The van der Waals surface area contributed by atoms with Gasteiger partial charge in [0.05, 0.1) is 24.0 Å². The Labute approximate surface area is 300 Å². The van der Waals surface area contributed by atoms with Crippen molar-refractivity contribution in [2.24, 2.45) is 5.92 Å². The fraction of sp³-hybridized carbons (Fsp3) is 0.571. The average Bonchev–Trinajstić information content (AvgIpc) is 3.93. The quantitative estimate of drug-likeness (QED) is 0.373. The van der Waals surface area contributed by atoms with Gasteiger partial charge in [-0.05, 0) is 64.0 Å². The van der Waals surface area contributed by atoms with Gasteiger partial charge in [0.1, 0.15) is 29.5 Å². The Morgan fingerprint density at radius 2 is 1.92 bits per heavy atom. The number of halogens is 1. The number of hydrogen-bond donors (Lipinski definition) is 3. The number of benzene rings is 1. The Kier molecular flexibility index (Phi) is 9.58. The summed E-state index contributed by atoms with van der Waals surface area (Å²) in [6, 6.07) is 2.83. The number of fused-ring (bicyclic) bond motifs is 3. The summed E-state index contributed by atoms with van der Waals surface area (Å²) in [5.41, 5.74) is 0.449. The lowest BCUT2D eigenvalue weighted by Gasteiger charge is -2.29. The van der Waals surface area contributed by atoms with Gasteiger partial charge in [-0.15, -0.1) is 11.3 Å². The van der Waals surface area contributed by atoms with E-state index in [4.69, 9.17) is 4.74 Å². The second kappa shape index (κ2) is 13.8. The monoisotopic (exact) mass is 742 g/mol. The van der Waals surface area contributed by atoms with Crippen molar-refractivity contribution in [1.82, 2.24) is 24.8 Å². The summed E-state index contributed by atoms with van der Waals surface area (Å²) < 4.78 is 48.0. The summed E-state index contributed by atoms with van der Waals surface area (Å²) in [6.07, 6.45) is 6.98. The molecule has 16 heteroatoms. The number of aromatic nitrogens is 1. The highest BCUT2D eigenvalue weighted by Gasteiger charge is 2.62. The molecule has 2 aliphatic carbocycles. The van der Waals surface area contributed by atoms with Crippen LogP contribution in [-0.2, 0) is 42.2 Å². The summed E-state index contributed by atoms with van der Waals surface area (Å²) in [5, 5.41) is 6.11. The van der Waals surface area contributed by atoms with Crippen molar-refractivity contribution in [3.05, 3.63) is 57.9 Å². The van der Waals surface area contributed by atoms with Crippen LogP contribution < -0.4 is 15.4 Å². The van der Waals surface area contributed by atoms with Gasteiger partial charge >= 0.3 is 6.09 Å². The van der Waals surface area contributed by atoms with Crippen molar-refractivity contribution in [3.63, 3.8) is 0 Å². The van der Waals surface area contributed by atoms with Crippen molar-refractivity contribution in [2.75, 3.05) is 11.9 Å². The molecule has 4 heterocycles. The standard InChI is InChI=1S/C35H43FN6O7S2/c1-20-21(2)50-33(37-20)38-28-12-7-5-3-4-6-10-23-16-35(23,32(45)40-51(47,48)25-13-14-25)39-30(43)29-15-24(18-42(29)31(28)44)49-34(46)41-17-22-9-8-11-27(36)26(22)19-41/h6,8-11,23-25,28-29H,3-5,7,12-19H2,1-2H3,(H,37,38)(H,39,43)(H,40,45)/b10-6-/t23-,24+,28-,29-,35+/m0/s1. The third kappa shape index (κ3) is 7.34. The lowest BCUT2D eigenvalue weighted by atomic mass is 10.1. The number of ether oxygens (including phenoxy) is 1. The van der Waals surface area contributed by atoms with Gasteiger partial charge in [0.25, 0.3) is 5.91 Å². The lowest BCUT2D eigenvalue weighted by Crippen LogP contribution is -2.57. The maximum absolute atomic E-state index is 14.5. The zero-order valence-corrected chi connectivity index (χ0v) is 30.3. The molecule has 2 saturated carbocycles. The fourth-order valence-corrected chi connectivity index (χ4v) is 9.49. The average molecular weight is 743 g/mol. The van der Waals surface area contributed by atoms with E-state index >= 15 is 0 Å². The Morgan fingerprint density at radius 1 is 1.12 bits per heavy atom. The van der Waals surface area contributed by atoms with E-state index in [-0.39, 0.29) is 38.4 Å². The zero-order valence-electron chi connectivity index (χ0n) is 28.7. The molecule has 0 unspecified atom stereocenters. The van der Waals surface area contributed by atoms with E-state index in [1.54, 1.807) is 12.1 Å². The molecule has 13 nitrogen and oxygen atoms in total. The van der Waals surface area contributed by atoms with Gasteiger partial charge < -0.3 is 20.3 Å². The predicted molar refractivity (Wildman–Crippen MR) is 186 cm³/mol. The van der Waals surface area contributed by atoms with E-state index in [0.29, 0.717) is 35.5 Å². The van der Waals surface area contributed by atoms with Crippen LogP contribution in [0, 0.1) is 25.6 Å². The number of amides is 4. The highest BCUT2D eigenvalue weighted by Crippen LogP contribution is 2.46. The summed E-state index contributed by atoms with van der Waals surface area (Å²) in [6.45, 7) is 3.96. The van der Waals surface area contributed by atoms with E-state index in [9.17, 15) is 32.0 Å². The maximum atomic E-state index is 14.5. The fourth-order valence-electron chi connectivity index (χ4n) is 7.26. The first kappa shape index (κ1) is 35.4. The molecule has 3 aliphatic heterocycles. The van der Waals surface area contributed by atoms with Crippen LogP contribution in [0.2, 0.25) is 0 Å². The minimum atomic E-state index is -3.89. The molecular formula is C35H43FN6O7S2. The van der Waals surface area contributed by atoms with Crippen molar-refractivity contribution in [2.45, 2.75) is 114 Å². The zero-order chi connectivity index (χ0) is 36.1. The molecule has 1 aromatic carbocycles. The third-order valence-corrected chi connectivity index (χ3v) is 13.4. The Bertz CT molecular complexity index is 1860. The molecule has 0 bridgehead atoms. The topological polar surface area (TPSA) is 167 Å². The van der Waals surface area contributed by atoms with Gasteiger partial charge in [-0.1, -0.05) is 37.1 Å². The smallest absolute Gasteiger partial charge is 0.410 e. The lowest BCUT2D eigenvalue weighted by molar-refractivity contribution is -0.140. The number of nitrogens with one attached hydrogen (secondary N) is 3. The number of rotatable bonds is 6. The van der Waals surface area contributed by atoms with Crippen LogP contribution in [0.25, 0.3) is 0 Å². The van der Waals surface area contributed by atoms with Crippen molar-refractivity contribution < 1.29 is 36.7 Å². The predicted octanol–water partition coefficient (Wildman–Crippen LogP) is 3.81. The van der Waals surface area contributed by atoms with Crippen LogP contribution in [0.15, 0.2) is 30.4 Å². The first-order valence-corrected chi connectivity index (χ1v) is 20.0. The number of anilines is 1. The molecule has 1 aromatic heterocycles. The molecule has 5 aliphatic rings. The van der Waals surface area contributed by atoms with Gasteiger partial charge in [0, 0.05) is 29.3 Å². The SMILES string of the molecule is Cc1nc(N[C@H]2CCCCC/C=C\[C@H]3C[C@@]3(C(=O)NS(=O)(=O)C3CC3)NC(=O)[C@@H]3C[C@@H](OC(=O)N4Cc5cccc(F)c5C4)CN3C2=O)sc1C. The molecule has 3 fully saturated rings. The summed E-state index contributed by atoms with van der Waals surface area (Å²) >= 11 is 1.44. The molecule has 2 aromatic rings. The number of carbonyl (C=O) groups excluding carboxylic acids is 4. The highest BCUT2D eigenvalue weighted by atomic mass is 32.2. The van der Waals surface area contributed by atoms with Crippen LogP contribution in [-0.4, -0.2) is 82.5 Å².